The summed E-state index contributed by atoms with van der Waals surface area (Å²) in [6.45, 7) is 1.24. The molecule has 1 aromatic carbocycles. The molecule has 1 saturated carbocycles. The van der Waals surface area contributed by atoms with Gasteiger partial charge in [0.2, 0.25) is 0 Å². The highest BCUT2D eigenvalue weighted by Gasteiger charge is 2.23. The Morgan fingerprint density at radius 3 is 3.00 bits per heavy atom. The van der Waals surface area contributed by atoms with Crippen LogP contribution in [-0.4, -0.2) is 19.5 Å². The minimum atomic E-state index is 0.246. The van der Waals surface area contributed by atoms with Gasteiger partial charge >= 0.3 is 0 Å². The molecule has 1 unspecified atom stereocenters. The topological polar surface area (TPSA) is 35.5 Å². The molecule has 0 N–H and O–H groups in total. The van der Waals surface area contributed by atoms with E-state index in [-0.39, 0.29) is 5.92 Å². The summed E-state index contributed by atoms with van der Waals surface area (Å²) in [5.74, 6) is 1.51. The second-order valence-electron chi connectivity index (χ2n) is 4.75. The van der Waals surface area contributed by atoms with E-state index >= 15 is 0 Å². The molecule has 1 aliphatic carbocycles. The van der Waals surface area contributed by atoms with Crippen LogP contribution in [0.1, 0.15) is 31.2 Å². The Kier molecular flexibility index (Phi) is 4.76. The van der Waals surface area contributed by atoms with Crippen LogP contribution in [0.3, 0.4) is 0 Å². The number of rotatable bonds is 6. The molecule has 98 valence electrons. The van der Waals surface area contributed by atoms with Gasteiger partial charge in [0.15, 0.2) is 0 Å². The number of Topliss-reactive ketones (excluding diaryl/α,β-unsaturated/α-hetero) is 1. The first kappa shape index (κ1) is 13.1. The number of ketones is 1. The standard InChI is InChI=1S/C15H20O3/c1-17-14-6-2-4-12(10-14)11-18-9-8-13-5-3-7-15(13)16/h2,4,6,10,13H,3,5,7-9,11H2,1H3. The van der Waals surface area contributed by atoms with Gasteiger partial charge in [-0.3, -0.25) is 4.79 Å². The van der Waals surface area contributed by atoms with Crippen molar-refractivity contribution >= 4 is 5.78 Å². The summed E-state index contributed by atoms with van der Waals surface area (Å²) in [5.41, 5.74) is 1.10. The summed E-state index contributed by atoms with van der Waals surface area (Å²) in [6.07, 6.45) is 3.73. The Morgan fingerprint density at radius 2 is 2.28 bits per heavy atom. The van der Waals surface area contributed by atoms with E-state index in [4.69, 9.17) is 9.47 Å². The molecule has 18 heavy (non-hydrogen) atoms. The number of carbonyl (C=O) groups excluding carboxylic acids is 1. The number of hydrogen-bond acceptors (Lipinski definition) is 3. The van der Waals surface area contributed by atoms with E-state index in [0.29, 0.717) is 19.0 Å². The first-order chi connectivity index (χ1) is 8.79. The number of ether oxygens (including phenoxy) is 2. The van der Waals surface area contributed by atoms with E-state index in [2.05, 4.69) is 0 Å². The Labute approximate surface area is 108 Å². The van der Waals surface area contributed by atoms with Gasteiger partial charge in [-0.05, 0) is 37.0 Å². The van der Waals surface area contributed by atoms with E-state index in [1.165, 1.54) is 0 Å². The van der Waals surface area contributed by atoms with E-state index in [0.717, 1.165) is 37.0 Å². The van der Waals surface area contributed by atoms with Crippen LogP contribution in [0.2, 0.25) is 0 Å². The summed E-state index contributed by atoms with van der Waals surface area (Å²) in [7, 11) is 1.66. The van der Waals surface area contributed by atoms with E-state index in [1.807, 2.05) is 24.3 Å². The lowest BCUT2D eigenvalue weighted by atomic mass is 10.0. The van der Waals surface area contributed by atoms with Gasteiger partial charge in [-0.1, -0.05) is 12.1 Å². The summed E-state index contributed by atoms with van der Waals surface area (Å²) in [4.78, 5) is 11.4. The molecule has 1 aliphatic rings. The lowest BCUT2D eigenvalue weighted by Crippen LogP contribution is -2.09. The smallest absolute Gasteiger partial charge is 0.136 e. The molecule has 2 rings (SSSR count). The third-order valence-electron chi connectivity index (χ3n) is 3.44. The fourth-order valence-electron chi connectivity index (χ4n) is 2.37. The van der Waals surface area contributed by atoms with Crippen molar-refractivity contribution < 1.29 is 14.3 Å². The zero-order valence-corrected chi connectivity index (χ0v) is 10.9. The zero-order chi connectivity index (χ0) is 12.8. The highest BCUT2D eigenvalue weighted by molar-refractivity contribution is 5.82. The van der Waals surface area contributed by atoms with E-state index in [1.54, 1.807) is 7.11 Å². The van der Waals surface area contributed by atoms with Gasteiger partial charge in [-0.2, -0.15) is 0 Å². The van der Waals surface area contributed by atoms with Gasteiger partial charge in [0.1, 0.15) is 11.5 Å². The van der Waals surface area contributed by atoms with Gasteiger partial charge in [-0.15, -0.1) is 0 Å². The molecule has 3 heteroatoms. The van der Waals surface area contributed by atoms with Crippen LogP contribution >= 0.6 is 0 Å². The van der Waals surface area contributed by atoms with Gasteiger partial charge in [-0.25, -0.2) is 0 Å². The fourth-order valence-corrected chi connectivity index (χ4v) is 2.37. The first-order valence-electron chi connectivity index (χ1n) is 6.53. The molecule has 3 nitrogen and oxygen atoms in total. The molecule has 1 fully saturated rings. The first-order valence-corrected chi connectivity index (χ1v) is 6.53. The Balaban J connectivity index is 1.70. The maximum absolute atomic E-state index is 11.4. The molecule has 0 bridgehead atoms. The second kappa shape index (κ2) is 6.55. The predicted octanol–water partition coefficient (Wildman–Crippen LogP) is 2.97. The van der Waals surface area contributed by atoms with Crippen molar-refractivity contribution in [3.05, 3.63) is 29.8 Å². The quantitative estimate of drug-likeness (QED) is 0.726. The molecule has 1 aromatic rings. The molecule has 0 aliphatic heterocycles. The number of carbonyl (C=O) groups is 1. The summed E-state index contributed by atoms with van der Waals surface area (Å²) in [5, 5.41) is 0. The third kappa shape index (κ3) is 3.57. The molecule has 0 aromatic heterocycles. The summed E-state index contributed by atoms with van der Waals surface area (Å²) < 4.78 is 10.8. The van der Waals surface area contributed by atoms with Crippen LogP contribution in [0.25, 0.3) is 0 Å². The Bertz CT molecular complexity index is 400. The van der Waals surface area contributed by atoms with Crippen LogP contribution in [0.15, 0.2) is 24.3 Å². The van der Waals surface area contributed by atoms with Gasteiger partial charge in [0.05, 0.1) is 13.7 Å². The van der Waals surface area contributed by atoms with E-state index in [9.17, 15) is 4.79 Å². The highest BCUT2D eigenvalue weighted by Crippen LogP contribution is 2.24. The molecule has 0 radical (unpaired) electrons. The molecular formula is C15H20O3. The molecular weight excluding hydrogens is 228 g/mol. The van der Waals surface area contributed by atoms with Crippen LogP contribution in [0.5, 0.6) is 5.75 Å². The number of hydrogen-bond donors (Lipinski definition) is 0. The van der Waals surface area contributed by atoms with Crippen LogP contribution < -0.4 is 4.74 Å². The molecule has 1 atom stereocenters. The van der Waals surface area contributed by atoms with Crippen LogP contribution in [-0.2, 0) is 16.1 Å². The Morgan fingerprint density at radius 1 is 1.39 bits per heavy atom. The average molecular weight is 248 g/mol. The fraction of sp³-hybridized carbons (Fsp3) is 0.533. The largest absolute Gasteiger partial charge is 0.497 e. The molecule has 0 spiro atoms. The lowest BCUT2D eigenvalue weighted by molar-refractivity contribution is -0.121. The third-order valence-corrected chi connectivity index (χ3v) is 3.44. The minimum absolute atomic E-state index is 0.246. The van der Waals surface area contributed by atoms with Gasteiger partial charge in [0, 0.05) is 18.9 Å². The summed E-state index contributed by atoms with van der Waals surface area (Å²) in [6, 6.07) is 7.86. The van der Waals surface area contributed by atoms with Gasteiger partial charge in [0.25, 0.3) is 0 Å². The van der Waals surface area contributed by atoms with Crippen molar-refractivity contribution in [1.29, 1.82) is 0 Å². The van der Waals surface area contributed by atoms with Crippen LogP contribution in [0, 0.1) is 5.92 Å². The van der Waals surface area contributed by atoms with Crippen molar-refractivity contribution in [2.24, 2.45) is 5.92 Å². The normalized spacial score (nSPS) is 19.2. The average Bonchev–Trinajstić information content (AvgIpc) is 2.81. The van der Waals surface area contributed by atoms with Crippen molar-refractivity contribution in [2.45, 2.75) is 32.3 Å². The summed E-state index contributed by atoms with van der Waals surface area (Å²) >= 11 is 0. The Hall–Kier alpha value is -1.35. The molecule has 0 amide bonds. The van der Waals surface area contributed by atoms with Gasteiger partial charge < -0.3 is 9.47 Å². The van der Waals surface area contributed by atoms with Crippen molar-refractivity contribution in [3.63, 3.8) is 0 Å². The van der Waals surface area contributed by atoms with Crippen molar-refractivity contribution in [3.8, 4) is 5.75 Å². The lowest BCUT2D eigenvalue weighted by Gasteiger charge is -2.09. The van der Waals surface area contributed by atoms with E-state index < -0.39 is 0 Å². The SMILES string of the molecule is COc1cccc(COCCC2CCCC2=O)c1. The monoisotopic (exact) mass is 248 g/mol. The minimum Gasteiger partial charge on any atom is -0.497 e. The maximum Gasteiger partial charge on any atom is 0.136 e. The highest BCUT2D eigenvalue weighted by atomic mass is 16.5. The number of methoxy groups -OCH3 is 1. The van der Waals surface area contributed by atoms with Crippen molar-refractivity contribution in [2.75, 3.05) is 13.7 Å². The zero-order valence-electron chi connectivity index (χ0n) is 10.9. The molecule has 0 saturated heterocycles. The second-order valence-corrected chi connectivity index (χ2v) is 4.75. The maximum atomic E-state index is 11.4. The molecule has 0 heterocycles. The number of benzene rings is 1. The van der Waals surface area contributed by atoms with Crippen LogP contribution in [0.4, 0.5) is 0 Å². The predicted molar refractivity (Wildman–Crippen MR) is 69.6 cm³/mol. The van der Waals surface area contributed by atoms with Crippen molar-refractivity contribution in [1.82, 2.24) is 0 Å².